The lowest BCUT2D eigenvalue weighted by molar-refractivity contribution is 0.273. The Balaban J connectivity index is 2.22. The van der Waals surface area contributed by atoms with E-state index in [4.69, 9.17) is 15.7 Å². The van der Waals surface area contributed by atoms with Crippen LogP contribution in [0, 0.1) is 23.0 Å². The summed E-state index contributed by atoms with van der Waals surface area (Å²) in [5, 5.41) is 8.93. The maximum atomic E-state index is 13.7. The largest absolute Gasteiger partial charge is 0.483 e. The van der Waals surface area contributed by atoms with Crippen LogP contribution in [0.5, 0.6) is 5.75 Å². The van der Waals surface area contributed by atoms with Gasteiger partial charge in [-0.3, -0.25) is 0 Å². The smallest absolute Gasteiger partial charge is 0.191 e. The van der Waals surface area contributed by atoms with E-state index in [1.807, 2.05) is 6.07 Å². The average Bonchev–Trinajstić information content (AvgIpc) is 2.46. The minimum atomic E-state index is -0.806. The third-order valence-electron chi connectivity index (χ3n) is 2.80. The minimum absolute atomic E-state index is 0.0470. The number of ether oxygens (including phenoxy) is 1. The van der Waals surface area contributed by atoms with E-state index >= 15 is 0 Å². The van der Waals surface area contributed by atoms with Crippen LogP contribution in [0.3, 0.4) is 0 Å². The molecule has 2 N–H and O–H groups in total. The molecule has 0 saturated heterocycles. The Bertz CT molecular complexity index is 642. The van der Waals surface area contributed by atoms with Crippen LogP contribution in [0.15, 0.2) is 36.4 Å². The fourth-order valence-corrected chi connectivity index (χ4v) is 1.77. The third-order valence-corrected chi connectivity index (χ3v) is 2.80. The first-order valence-electron chi connectivity index (χ1n) is 5.94. The van der Waals surface area contributed by atoms with Gasteiger partial charge in [-0.15, -0.1) is 0 Å². The summed E-state index contributed by atoms with van der Waals surface area (Å²) in [6, 6.07) is 11.0. The maximum Gasteiger partial charge on any atom is 0.191 e. The molecule has 0 aliphatic heterocycles. The number of rotatable bonds is 4. The summed E-state index contributed by atoms with van der Waals surface area (Å²) in [5.41, 5.74) is 6.66. The number of nitrogens with zero attached hydrogens (tertiary/aromatic N) is 1. The van der Waals surface area contributed by atoms with E-state index in [2.05, 4.69) is 0 Å². The summed E-state index contributed by atoms with van der Waals surface area (Å²) in [4.78, 5) is 0. The Hall–Kier alpha value is -2.45. The molecule has 102 valence electrons. The normalized spacial score (nSPS) is 10.1. The molecular weight excluding hydrogens is 262 g/mol. The van der Waals surface area contributed by atoms with E-state index in [1.165, 1.54) is 0 Å². The number of nitriles is 1. The quantitative estimate of drug-likeness (QED) is 0.932. The molecule has 3 nitrogen and oxygen atoms in total. The zero-order chi connectivity index (χ0) is 14.5. The molecule has 0 saturated carbocycles. The molecule has 0 unspecified atom stereocenters. The summed E-state index contributed by atoms with van der Waals surface area (Å²) in [7, 11) is 0. The molecule has 0 radical (unpaired) electrons. The maximum absolute atomic E-state index is 13.7. The lowest BCUT2D eigenvalue weighted by atomic mass is 10.1. The molecule has 0 amide bonds. The highest BCUT2D eigenvalue weighted by molar-refractivity contribution is 5.38. The number of hydrogen-bond donors (Lipinski definition) is 1. The lowest BCUT2D eigenvalue weighted by Crippen LogP contribution is -2.04. The Morgan fingerprint density at radius 2 is 1.80 bits per heavy atom. The number of benzene rings is 2. The van der Waals surface area contributed by atoms with Gasteiger partial charge in [-0.2, -0.15) is 5.26 Å². The Morgan fingerprint density at radius 3 is 2.40 bits per heavy atom. The standard InChI is InChI=1S/C15H12F2N2O/c16-13-5-10(7-18)6-14(17)15(13)20-9-12-4-2-1-3-11(12)8-19/h1-6H,7,9,18H2. The second-order valence-corrected chi connectivity index (χ2v) is 4.15. The molecule has 0 spiro atoms. The number of halogens is 2. The van der Waals surface area contributed by atoms with Crippen LogP contribution < -0.4 is 10.5 Å². The van der Waals surface area contributed by atoms with Gasteiger partial charge in [0.05, 0.1) is 11.6 Å². The van der Waals surface area contributed by atoms with Crippen LogP contribution in [0.2, 0.25) is 0 Å². The van der Waals surface area contributed by atoms with Crippen molar-refractivity contribution >= 4 is 0 Å². The molecule has 0 atom stereocenters. The first-order valence-corrected chi connectivity index (χ1v) is 5.94. The second kappa shape index (κ2) is 6.13. The van der Waals surface area contributed by atoms with E-state index in [0.29, 0.717) is 16.7 Å². The molecule has 2 aromatic rings. The lowest BCUT2D eigenvalue weighted by Gasteiger charge is -2.10. The van der Waals surface area contributed by atoms with Crippen molar-refractivity contribution in [2.75, 3.05) is 0 Å². The first kappa shape index (κ1) is 14.0. The van der Waals surface area contributed by atoms with Crippen LogP contribution in [0.1, 0.15) is 16.7 Å². The van der Waals surface area contributed by atoms with Gasteiger partial charge in [-0.1, -0.05) is 18.2 Å². The summed E-state index contributed by atoms with van der Waals surface area (Å²) in [6.07, 6.45) is 0. The van der Waals surface area contributed by atoms with Gasteiger partial charge >= 0.3 is 0 Å². The molecule has 20 heavy (non-hydrogen) atoms. The summed E-state index contributed by atoms with van der Waals surface area (Å²) < 4.78 is 32.5. The van der Waals surface area contributed by atoms with Crippen LogP contribution >= 0.6 is 0 Å². The summed E-state index contributed by atoms with van der Waals surface area (Å²) in [5.74, 6) is -2.07. The van der Waals surface area contributed by atoms with E-state index in [9.17, 15) is 8.78 Å². The average molecular weight is 274 g/mol. The van der Waals surface area contributed by atoms with Crippen LogP contribution in [-0.2, 0) is 13.2 Å². The van der Waals surface area contributed by atoms with Gasteiger partial charge in [0.15, 0.2) is 17.4 Å². The fraction of sp³-hybridized carbons (Fsp3) is 0.133. The first-order chi connectivity index (χ1) is 9.65. The van der Waals surface area contributed by atoms with Crippen molar-refractivity contribution in [2.45, 2.75) is 13.2 Å². The van der Waals surface area contributed by atoms with E-state index in [-0.39, 0.29) is 13.2 Å². The minimum Gasteiger partial charge on any atom is -0.483 e. The molecule has 5 heteroatoms. The van der Waals surface area contributed by atoms with Crippen LogP contribution in [-0.4, -0.2) is 0 Å². The highest BCUT2D eigenvalue weighted by Gasteiger charge is 2.13. The van der Waals surface area contributed by atoms with Crippen molar-refractivity contribution in [3.8, 4) is 11.8 Å². The zero-order valence-electron chi connectivity index (χ0n) is 10.6. The number of hydrogen-bond acceptors (Lipinski definition) is 3. The summed E-state index contributed by atoms with van der Waals surface area (Å²) >= 11 is 0. The molecule has 0 aliphatic carbocycles. The van der Waals surface area contributed by atoms with Crippen molar-refractivity contribution in [1.82, 2.24) is 0 Å². The van der Waals surface area contributed by atoms with Crippen molar-refractivity contribution in [1.29, 1.82) is 5.26 Å². The fourth-order valence-electron chi connectivity index (χ4n) is 1.77. The predicted molar refractivity (Wildman–Crippen MR) is 69.7 cm³/mol. The van der Waals surface area contributed by atoms with Crippen LogP contribution in [0.4, 0.5) is 8.78 Å². The van der Waals surface area contributed by atoms with Crippen molar-refractivity contribution < 1.29 is 13.5 Å². The number of nitrogens with two attached hydrogens (primary N) is 1. The van der Waals surface area contributed by atoms with E-state index < -0.39 is 17.4 Å². The monoisotopic (exact) mass is 274 g/mol. The molecule has 0 aliphatic rings. The van der Waals surface area contributed by atoms with Crippen molar-refractivity contribution in [3.05, 3.63) is 64.7 Å². The molecule has 2 rings (SSSR count). The van der Waals surface area contributed by atoms with Gasteiger partial charge in [0, 0.05) is 12.1 Å². The molecular formula is C15H12F2N2O. The molecule has 0 bridgehead atoms. The van der Waals surface area contributed by atoms with Crippen LogP contribution in [0.25, 0.3) is 0 Å². The highest BCUT2D eigenvalue weighted by Crippen LogP contribution is 2.24. The van der Waals surface area contributed by atoms with E-state index in [1.54, 1.807) is 24.3 Å². The highest BCUT2D eigenvalue weighted by atomic mass is 19.1. The van der Waals surface area contributed by atoms with Gasteiger partial charge in [-0.25, -0.2) is 8.78 Å². The molecule has 2 aromatic carbocycles. The van der Waals surface area contributed by atoms with Gasteiger partial charge < -0.3 is 10.5 Å². The van der Waals surface area contributed by atoms with Gasteiger partial charge in [-0.05, 0) is 23.8 Å². The second-order valence-electron chi connectivity index (χ2n) is 4.15. The zero-order valence-corrected chi connectivity index (χ0v) is 10.6. The SMILES string of the molecule is N#Cc1ccccc1COc1c(F)cc(CN)cc1F. The molecule has 0 heterocycles. The van der Waals surface area contributed by atoms with Gasteiger partial charge in [0.2, 0.25) is 0 Å². The topological polar surface area (TPSA) is 59.0 Å². The molecule has 0 fully saturated rings. The molecule has 0 aromatic heterocycles. The van der Waals surface area contributed by atoms with Gasteiger partial charge in [0.25, 0.3) is 0 Å². The van der Waals surface area contributed by atoms with E-state index in [0.717, 1.165) is 12.1 Å². The Morgan fingerprint density at radius 1 is 1.15 bits per heavy atom. The Kier molecular flexibility index (Phi) is 4.28. The van der Waals surface area contributed by atoms with Crippen molar-refractivity contribution in [3.63, 3.8) is 0 Å². The Labute approximate surface area is 115 Å². The predicted octanol–water partition coefficient (Wildman–Crippen LogP) is 2.87. The van der Waals surface area contributed by atoms with Crippen molar-refractivity contribution in [2.24, 2.45) is 5.73 Å². The summed E-state index contributed by atoms with van der Waals surface area (Å²) in [6.45, 7) is -0.0368. The van der Waals surface area contributed by atoms with Gasteiger partial charge in [0.1, 0.15) is 6.61 Å². The third kappa shape index (κ3) is 2.92.